The quantitative estimate of drug-likeness (QED) is 0.475. The van der Waals surface area contributed by atoms with Crippen LogP contribution < -0.4 is 10.1 Å². The summed E-state index contributed by atoms with van der Waals surface area (Å²) in [5.74, 6) is 0.636. The second-order valence-corrected chi connectivity index (χ2v) is 5.98. The molecule has 1 N–H and O–H groups in total. The molecule has 6 nitrogen and oxygen atoms in total. The van der Waals surface area contributed by atoms with Crippen molar-refractivity contribution in [1.82, 2.24) is 10.2 Å². The number of nitrogens with one attached hydrogen (secondary N) is 1. The van der Waals surface area contributed by atoms with Crippen molar-refractivity contribution in [2.75, 3.05) is 26.7 Å². The second-order valence-electron chi connectivity index (χ2n) is 5.98. The summed E-state index contributed by atoms with van der Waals surface area (Å²) in [5.41, 5.74) is 0.781. The van der Waals surface area contributed by atoms with Gasteiger partial charge in [0, 0.05) is 19.6 Å². The Labute approximate surface area is 152 Å². The van der Waals surface area contributed by atoms with Gasteiger partial charge in [-0.25, -0.2) is 4.99 Å². The van der Waals surface area contributed by atoms with E-state index >= 15 is 0 Å². The summed E-state index contributed by atoms with van der Waals surface area (Å²) in [6, 6.07) is 6.52. The van der Waals surface area contributed by atoms with Gasteiger partial charge in [0.1, 0.15) is 5.75 Å². The lowest BCUT2D eigenvalue weighted by molar-refractivity contribution is -0.146. The van der Waals surface area contributed by atoms with Crippen LogP contribution in [-0.4, -0.2) is 50.2 Å². The van der Waals surface area contributed by atoms with Gasteiger partial charge in [-0.1, -0.05) is 12.1 Å². The van der Waals surface area contributed by atoms with Gasteiger partial charge in [0.2, 0.25) is 0 Å². The molecule has 1 fully saturated rings. The number of alkyl halides is 2. The Bertz CT molecular complexity index is 617. The number of benzene rings is 1. The van der Waals surface area contributed by atoms with Crippen LogP contribution in [0.2, 0.25) is 0 Å². The molecule has 26 heavy (non-hydrogen) atoms. The van der Waals surface area contributed by atoms with E-state index in [-0.39, 0.29) is 17.6 Å². The van der Waals surface area contributed by atoms with Gasteiger partial charge < -0.3 is 19.7 Å². The van der Waals surface area contributed by atoms with E-state index in [4.69, 9.17) is 4.74 Å². The van der Waals surface area contributed by atoms with Crippen LogP contribution in [0.15, 0.2) is 29.3 Å². The lowest BCUT2D eigenvalue weighted by Gasteiger charge is -2.33. The Kier molecular flexibility index (Phi) is 7.62. The van der Waals surface area contributed by atoms with E-state index in [0.29, 0.717) is 26.2 Å². The second kappa shape index (κ2) is 9.94. The summed E-state index contributed by atoms with van der Waals surface area (Å²) < 4.78 is 33.9. The van der Waals surface area contributed by atoms with Crippen LogP contribution in [0, 0.1) is 5.92 Å². The predicted molar refractivity (Wildman–Crippen MR) is 94.2 cm³/mol. The third kappa shape index (κ3) is 5.86. The number of halogens is 2. The van der Waals surface area contributed by atoms with Gasteiger partial charge in [-0.15, -0.1) is 0 Å². The van der Waals surface area contributed by atoms with Crippen LogP contribution in [0.5, 0.6) is 5.75 Å². The number of hydrogen-bond acceptors (Lipinski definition) is 4. The first kappa shape index (κ1) is 19.9. The van der Waals surface area contributed by atoms with Gasteiger partial charge in [-0.3, -0.25) is 4.79 Å². The zero-order chi connectivity index (χ0) is 18.9. The maximum absolute atomic E-state index is 12.3. The van der Waals surface area contributed by atoms with Crippen LogP contribution in [0.4, 0.5) is 8.78 Å². The average molecular weight is 369 g/mol. The number of ether oxygens (including phenoxy) is 2. The molecule has 0 radical (unpaired) electrons. The molecule has 0 amide bonds. The summed E-state index contributed by atoms with van der Waals surface area (Å²) >= 11 is 0. The lowest BCUT2D eigenvalue weighted by atomic mass is 9.97. The Morgan fingerprint density at radius 3 is 2.73 bits per heavy atom. The third-order valence-corrected chi connectivity index (χ3v) is 4.20. The topological polar surface area (TPSA) is 63.2 Å². The number of carbonyl (C=O) groups is 1. The summed E-state index contributed by atoms with van der Waals surface area (Å²) in [6.45, 7) is 1.61. The van der Waals surface area contributed by atoms with Gasteiger partial charge in [0.25, 0.3) is 0 Å². The molecule has 1 saturated heterocycles. The van der Waals surface area contributed by atoms with Crippen LogP contribution in [0.1, 0.15) is 25.3 Å². The maximum Gasteiger partial charge on any atom is 0.387 e. The van der Waals surface area contributed by atoms with Gasteiger partial charge in [-0.05, 0) is 37.5 Å². The molecule has 1 aliphatic heterocycles. The molecule has 144 valence electrons. The minimum absolute atomic E-state index is 0.0673. The number of piperidine rings is 1. The largest absolute Gasteiger partial charge is 0.469 e. The lowest BCUT2D eigenvalue weighted by Crippen LogP contribution is -2.46. The van der Waals surface area contributed by atoms with E-state index in [2.05, 4.69) is 19.9 Å². The predicted octanol–water partition coefficient (Wildman–Crippen LogP) is 2.64. The van der Waals surface area contributed by atoms with E-state index in [1.54, 1.807) is 12.1 Å². The smallest absolute Gasteiger partial charge is 0.387 e. The van der Waals surface area contributed by atoms with Crippen LogP contribution in [0.3, 0.4) is 0 Å². The SMILES string of the molecule is CCNC(=NCc1cccc(OC(F)F)c1)N1CCC(C(=O)OC)CC1. The van der Waals surface area contributed by atoms with Crippen LogP contribution in [-0.2, 0) is 16.1 Å². The molecular formula is C18H25F2N3O3. The number of likely N-dealkylation sites (tertiary alicyclic amines) is 1. The Morgan fingerprint density at radius 1 is 1.38 bits per heavy atom. The summed E-state index contributed by atoms with van der Waals surface area (Å²) in [7, 11) is 1.41. The zero-order valence-corrected chi connectivity index (χ0v) is 15.1. The highest BCUT2D eigenvalue weighted by Crippen LogP contribution is 2.19. The molecule has 0 aromatic heterocycles. The fourth-order valence-electron chi connectivity index (χ4n) is 2.91. The summed E-state index contributed by atoms with van der Waals surface area (Å²) in [6.07, 6.45) is 1.43. The van der Waals surface area contributed by atoms with Crippen LogP contribution >= 0.6 is 0 Å². The van der Waals surface area contributed by atoms with Crippen molar-refractivity contribution < 1.29 is 23.0 Å². The number of esters is 1. The molecule has 0 spiro atoms. The van der Waals surface area contributed by atoms with E-state index in [1.807, 2.05) is 13.0 Å². The van der Waals surface area contributed by atoms with Crippen molar-refractivity contribution >= 4 is 11.9 Å². The van der Waals surface area contributed by atoms with Gasteiger partial charge >= 0.3 is 12.6 Å². The van der Waals surface area contributed by atoms with E-state index in [1.165, 1.54) is 13.2 Å². The molecule has 2 rings (SSSR count). The highest BCUT2D eigenvalue weighted by Gasteiger charge is 2.26. The molecule has 0 aliphatic carbocycles. The average Bonchev–Trinajstić information content (AvgIpc) is 2.64. The molecule has 1 aromatic carbocycles. The first-order valence-electron chi connectivity index (χ1n) is 8.68. The monoisotopic (exact) mass is 369 g/mol. The Morgan fingerprint density at radius 2 is 2.12 bits per heavy atom. The number of hydrogen-bond donors (Lipinski definition) is 1. The normalized spacial score (nSPS) is 15.9. The van der Waals surface area contributed by atoms with Crippen LogP contribution in [0.25, 0.3) is 0 Å². The van der Waals surface area contributed by atoms with E-state index < -0.39 is 6.61 Å². The van der Waals surface area contributed by atoms with Gasteiger partial charge in [0.15, 0.2) is 5.96 Å². The summed E-state index contributed by atoms with van der Waals surface area (Å²) in [4.78, 5) is 18.3. The molecular weight excluding hydrogens is 344 g/mol. The molecule has 0 bridgehead atoms. The Hall–Kier alpha value is -2.38. The van der Waals surface area contributed by atoms with E-state index in [0.717, 1.165) is 24.4 Å². The number of carbonyl (C=O) groups excluding carboxylic acids is 1. The number of nitrogens with zero attached hydrogens (tertiary/aromatic N) is 2. The molecule has 0 unspecified atom stereocenters. The molecule has 1 heterocycles. The molecule has 0 saturated carbocycles. The van der Waals surface area contributed by atoms with Crippen molar-refractivity contribution in [3.8, 4) is 5.75 Å². The molecule has 0 atom stereocenters. The fourth-order valence-corrected chi connectivity index (χ4v) is 2.91. The standard InChI is InChI=1S/C18H25F2N3O3/c1-3-21-18(23-9-7-14(8-10-23)16(24)25-2)22-12-13-5-4-6-15(11-13)26-17(19)20/h4-6,11,14,17H,3,7-10,12H2,1-2H3,(H,21,22). The number of aliphatic imine (C=N–C) groups is 1. The Balaban J connectivity index is 2.00. The third-order valence-electron chi connectivity index (χ3n) is 4.20. The highest BCUT2D eigenvalue weighted by molar-refractivity contribution is 5.80. The fraction of sp³-hybridized carbons (Fsp3) is 0.556. The van der Waals surface area contributed by atoms with Gasteiger partial charge in [0.05, 0.1) is 19.6 Å². The zero-order valence-electron chi connectivity index (χ0n) is 15.1. The van der Waals surface area contributed by atoms with Crippen molar-refractivity contribution in [3.63, 3.8) is 0 Å². The van der Waals surface area contributed by atoms with E-state index in [9.17, 15) is 13.6 Å². The van der Waals surface area contributed by atoms with Crippen molar-refractivity contribution in [1.29, 1.82) is 0 Å². The minimum atomic E-state index is -2.85. The maximum atomic E-state index is 12.3. The highest BCUT2D eigenvalue weighted by atomic mass is 19.3. The summed E-state index contributed by atoms with van der Waals surface area (Å²) in [5, 5.41) is 3.24. The molecule has 1 aliphatic rings. The first-order chi connectivity index (χ1) is 12.5. The number of methoxy groups -OCH3 is 1. The number of guanidine groups is 1. The first-order valence-corrected chi connectivity index (χ1v) is 8.68. The molecule has 8 heteroatoms. The van der Waals surface area contributed by atoms with Crippen molar-refractivity contribution in [2.45, 2.75) is 32.9 Å². The molecule has 1 aromatic rings. The van der Waals surface area contributed by atoms with Crippen molar-refractivity contribution in [2.24, 2.45) is 10.9 Å². The van der Waals surface area contributed by atoms with Crippen molar-refractivity contribution in [3.05, 3.63) is 29.8 Å². The minimum Gasteiger partial charge on any atom is -0.469 e. The van der Waals surface area contributed by atoms with Gasteiger partial charge in [-0.2, -0.15) is 8.78 Å². The number of rotatable bonds is 6.